The van der Waals surface area contributed by atoms with Crippen molar-refractivity contribution in [1.29, 1.82) is 0 Å². The van der Waals surface area contributed by atoms with Gasteiger partial charge in [-0.25, -0.2) is 17.2 Å². The summed E-state index contributed by atoms with van der Waals surface area (Å²) in [6.07, 6.45) is 6.52. The molecule has 0 bridgehead atoms. The monoisotopic (exact) mass is 356 g/mol. The van der Waals surface area contributed by atoms with Crippen molar-refractivity contribution in [3.05, 3.63) is 54.1 Å². The van der Waals surface area contributed by atoms with E-state index in [0.29, 0.717) is 6.07 Å². The molecule has 0 radical (unpaired) electrons. The SMILES string of the molecule is C/C=C/C=C/C(=O)N1CCN(S(=O)(=O)c2ccc(F)cc2F)CC1. The summed E-state index contributed by atoms with van der Waals surface area (Å²) >= 11 is 0. The predicted octanol–water partition coefficient (Wildman–Crippen LogP) is 1.93. The number of halogens is 2. The van der Waals surface area contributed by atoms with Crippen molar-refractivity contribution >= 4 is 15.9 Å². The van der Waals surface area contributed by atoms with Crippen LogP contribution in [0.5, 0.6) is 0 Å². The molecule has 24 heavy (non-hydrogen) atoms. The zero-order chi connectivity index (χ0) is 17.7. The second kappa shape index (κ2) is 7.67. The third kappa shape index (κ3) is 4.07. The van der Waals surface area contributed by atoms with Gasteiger partial charge in [0.2, 0.25) is 15.9 Å². The Labute approximate surface area is 139 Å². The number of carbonyl (C=O) groups is 1. The number of allylic oxidation sites excluding steroid dienone is 3. The molecule has 0 spiro atoms. The van der Waals surface area contributed by atoms with Crippen LogP contribution in [-0.4, -0.2) is 49.7 Å². The quantitative estimate of drug-likeness (QED) is 0.612. The first kappa shape index (κ1) is 18.3. The Kier molecular flexibility index (Phi) is 5.84. The minimum atomic E-state index is -4.05. The summed E-state index contributed by atoms with van der Waals surface area (Å²) in [5.74, 6) is -2.17. The molecule has 1 aliphatic rings. The maximum atomic E-state index is 13.8. The van der Waals surface area contributed by atoms with E-state index >= 15 is 0 Å². The molecule has 1 fully saturated rings. The Balaban J connectivity index is 2.07. The molecule has 1 aromatic carbocycles. The topological polar surface area (TPSA) is 57.7 Å². The molecule has 1 aliphatic heterocycles. The first-order chi connectivity index (χ1) is 11.4. The molecule has 5 nitrogen and oxygen atoms in total. The maximum Gasteiger partial charge on any atom is 0.246 e. The summed E-state index contributed by atoms with van der Waals surface area (Å²) in [5.41, 5.74) is 0. The molecule has 0 unspecified atom stereocenters. The Morgan fingerprint density at radius 1 is 1.12 bits per heavy atom. The van der Waals surface area contributed by atoms with E-state index in [0.717, 1.165) is 16.4 Å². The number of carbonyl (C=O) groups excluding carboxylic acids is 1. The number of amides is 1. The van der Waals surface area contributed by atoms with E-state index in [2.05, 4.69) is 0 Å². The average molecular weight is 356 g/mol. The van der Waals surface area contributed by atoms with E-state index in [9.17, 15) is 22.0 Å². The van der Waals surface area contributed by atoms with Crippen molar-refractivity contribution < 1.29 is 22.0 Å². The molecule has 1 heterocycles. The van der Waals surface area contributed by atoms with Crippen molar-refractivity contribution in [3.63, 3.8) is 0 Å². The van der Waals surface area contributed by atoms with Crippen LogP contribution in [0.3, 0.4) is 0 Å². The Morgan fingerprint density at radius 3 is 2.38 bits per heavy atom. The Morgan fingerprint density at radius 2 is 1.79 bits per heavy atom. The molecule has 1 saturated heterocycles. The summed E-state index contributed by atoms with van der Waals surface area (Å²) in [7, 11) is -4.05. The maximum absolute atomic E-state index is 13.8. The number of sulfonamides is 1. The van der Waals surface area contributed by atoms with Crippen LogP contribution < -0.4 is 0 Å². The van der Waals surface area contributed by atoms with E-state index in [1.165, 1.54) is 11.0 Å². The molecule has 0 atom stereocenters. The molecule has 8 heteroatoms. The summed E-state index contributed by atoms with van der Waals surface area (Å²) in [6.45, 7) is 2.36. The number of hydrogen-bond donors (Lipinski definition) is 0. The van der Waals surface area contributed by atoms with Gasteiger partial charge in [0.1, 0.15) is 16.5 Å². The van der Waals surface area contributed by atoms with Crippen LogP contribution in [0.1, 0.15) is 6.92 Å². The van der Waals surface area contributed by atoms with E-state index in [1.807, 2.05) is 6.92 Å². The van der Waals surface area contributed by atoms with Gasteiger partial charge in [0.25, 0.3) is 0 Å². The Hall–Kier alpha value is -2.06. The number of hydrogen-bond acceptors (Lipinski definition) is 3. The van der Waals surface area contributed by atoms with Gasteiger partial charge in [-0.2, -0.15) is 4.31 Å². The molecule has 130 valence electrons. The van der Waals surface area contributed by atoms with E-state index in [1.54, 1.807) is 18.2 Å². The zero-order valence-corrected chi connectivity index (χ0v) is 14.0. The highest BCUT2D eigenvalue weighted by Gasteiger charge is 2.31. The molecule has 2 rings (SSSR count). The second-order valence-corrected chi connectivity index (χ2v) is 7.10. The largest absolute Gasteiger partial charge is 0.337 e. The van der Waals surface area contributed by atoms with Crippen LogP contribution in [0.2, 0.25) is 0 Å². The summed E-state index contributed by atoms with van der Waals surface area (Å²) in [5, 5.41) is 0. The molecule has 1 amide bonds. The zero-order valence-electron chi connectivity index (χ0n) is 13.2. The molecule has 0 aromatic heterocycles. The van der Waals surface area contributed by atoms with Crippen LogP contribution >= 0.6 is 0 Å². The van der Waals surface area contributed by atoms with Gasteiger partial charge in [0, 0.05) is 38.3 Å². The fraction of sp³-hybridized carbons (Fsp3) is 0.312. The van der Waals surface area contributed by atoms with E-state index < -0.39 is 26.6 Å². The lowest BCUT2D eigenvalue weighted by Gasteiger charge is -2.33. The van der Waals surface area contributed by atoms with Gasteiger partial charge in [0.15, 0.2) is 0 Å². The first-order valence-electron chi connectivity index (χ1n) is 7.39. The van der Waals surface area contributed by atoms with Crippen LogP contribution in [0, 0.1) is 11.6 Å². The Bertz CT molecular complexity index is 768. The molecular formula is C16H18F2N2O3S. The van der Waals surface area contributed by atoms with Gasteiger partial charge in [-0.3, -0.25) is 4.79 Å². The first-order valence-corrected chi connectivity index (χ1v) is 8.83. The number of nitrogens with zero attached hydrogens (tertiary/aromatic N) is 2. The molecular weight excluding hydrogens is 338 g/mol. The van der Waals surface area contributed by atoms with Crippen LogP contribution in [-0.2, 0) is 14.8 Å². The van der Waals surface area contributed by atoms with Gasteiger partial charge in [0.05, 0.1) is 0 Å². The minimum Gasteiger partial charge on any atom is -0.337 e. The highest BCUT2D eigenvalue weighted by Crippen LogP contribution is 2.21. The van der Waals surface area contributed by atoms with E-state index in [-0.39, 0.29) is 32.1 Å². The highest BCUT2D eigenvalue weighted by molar-refractivity contribution is 7.89. The fourth-order valence-electron chi connectivity index (χ4n) is 2.33. The summed E-state index contributed by atoms with van der Waals surface area (Å²) in [4.78, 5) is 12.9. The third-order valence-corrected chi connectivity index (χ3v) is 5.54. The molecule has 0 saturated carbocycles. The summed E-state index contributed by atoms with van der Waals surface area (Å²) in [6, 6.07) is 2.36. The van der Waals surface area contributed by atoms with Gasteiger partial charge < -0.3 is 4.90 Å². The lowest BCUT2D eigenvalue weighted by atomic mass is 10.3. The number of benzene rings is 1. The molecule has 0 aliphatic carbocycles. The van der Waals surface area contributed by atoms with Gasteiger partial charge in [-0.1, -0.05) is 18.2 Å². The lowest BCUT2D eigenvalue weighted by molar-refractivity contribution is -0.127. The fourth-order valence-corrected chi connectivity index (χ4v) is 3.79. The number of piperazine rings is 1. The molecule has 1 aromatic rings. The average Bonchev–Trinajstić information content (AvgIpc) is 2.54. The van der Waals surface area contributed by atoms with Crippen molar-refractivity contribution in [2.75, 3.05) is 26.2 Å². The van der Waals surface area contributed by atoms with Crippen molar-refractivity contribution in [1.82, 2.24) is 9.21 Å². The normalized spacial score (nSPS) is 17.0. The van der Waals surface area contributed by atoms with Gasteiger partial charge in [-0.15, -0.1) is 0 Å². The predicted molar refractivity (Wildman–Crippen MR) is 85.7 cm³/mol. The summed E-state index contributed by atoms with van der Waals surface area (Å²) < 4.78 is 52.7. The van der Waals surface area contributed by atoms with Crippen LogP contribution in [0.25, 0.3) is 0 Å². The van der Waals surface area contributed by atoms with Gasteiger partial charge in [-0.05, 0) is 19.1 Å². The second-order valence-electron chi connectivity index (χ2n) is 5.19. The third-order valence-electron chi connectivity index (χ3n) is 3.60. The minimum absolute atomic E-state index is 0.0579. The van der Waals surface area contributed by atoms with Crippen LogP contribution in [0.4, 0.5) is 8.78 Å². The van der Waals surface area contributed by atoms with Gasteiger partial charge >= 0.3 is 0 Å². The van der Waals surface area contributed by atoms with Crippen molar-refractivity contribution in [2.45, 2.75) is 11.8 Å². The van der Waals surface area contributed by atoms with E-state index in [4.69, 9.17) is 0 Å². The van der Waals surface area contributed by atoms with Crippen molar-refractivity contribution in [2.24, 2.45) is 0 Å². The van der Waals surface area contributed by atoms with Crippen molar-refractivity contribution in [3.8, 4) is 0 Å². The standard InChI is InChI=1S/C16H18F2N2O3S/c1-2-3-4-5-16(21)19-8-10-20(11-9-19)24(22,23)15-7-6-13(17)12-14(15)18/h2-7,12H,8-11H2,1H3/b3-2+,5-4+. The molecule has 0 N–H and O–H groups in total. The smallest absolute Gasteiger partial charge is 0.246 e. The highest BCUT2D eigenvalue weighted by atomic mass is 32.2. The van der Waals surface area contributed by atoms with Crippen LogP contribution in [0.15, 0.2) is 47.4 Å². The lowest BCUT2D eigenvalue weighted by Crippen LogP contribution is -2.50. The number of rotatable bonds is 4.